The molecule has 0 saturated heterocycles. The van der Waals surface area contributed by atoms with Crippen LogP contribution in [0.5, 0.6) is 11.5 Å². The Morgan fingerprint density at radius 2 is 1.90 bits per heavy atom. The summed E-state index contributed by atoms with van der Waals surface area (Å²) in [6, 6.07) is 17.5. The first kappa shape index (κ1) is 26.5. The smallest absolute Gasteiger partial charge is 0.306 e. The van der Waals surface area contributed by atoms with Crippen LogP contribution in [-0.2, 0) is 39.4 Å². The number of alkyl halides is 3. The summed E-state index contributed by atoms with van der Waals surface area (Å²) >= 11 is 1.25. The molecule has 205 valence electrons. The number of hydrogen-bond donors (Lipinski definition) is 0. The van der Waals surface area contributed by atoms with E-state index >= 15 is 0 Å². The minimum Gasteiger partial charge on any atom is -0.709 e. The molecule has 3 aromatic rings. The van der Waals surface area contributed by atoms with Gasteiger partial charge in [-0.2, -0.15) is 0 Å². The maximum atomic E-state index is 14.8. The van der Waals surface area contributed by atoms with E-state index < -0.39 is 3.93 Å². The lowest BCUT2D eigenvalue weighted by atomic mass is 9.94. The van der Waals surface area contributed by atoms with Crippen LogP contribution in [0.15, 0.2) is 54.6 Å². The average molecular weight is 645 g/mol. The Balaban J connectivity index is 1.24. The van der Waals surface area contributed by atoms with E-state index in [4.69, 9.17) is 14.2 Å². The van der Waals surface area contributed by atoms with Crippen LogP contribution in [0.2, 0.25) is 0 Å². The molecule has 1 aliphatic carbocycles. The largest absolute Gasteiger partial charge is 0.709 e. The minimum absolute atomic E-state index is 0.0358. The Kier molecular flexibility index (Phi) is 7.26. The van der Waals surface area contributed by atoms with Crippen molar-refractivity contribution in [3.05, 3.63) is 93.5 Å². The summed E-state index contributed by atoms with van der Waals surface area (Å²) in [5, 5.41) is 0. The molecule has 5 nitrogen and oxygen atoms in total. The highest BCUT2D eigenvalue weighted by Crippen LogP contribution is 2.43. The highest BCUT2D eigenvalue weighted by atomic mass is 127. The molecule has 0 fully saturated rings. The topological polar surface area (TPSA) is 48.0 Å². The van der Waals surface area contributed by atoms with Crippen LogP contribution in [0, 0.1) is 0 Å². The number of methoxy groups -OCH3 is 1. The standard InChI is InChI=1S/C31H30F2INO4/c1-37-30(36)14-21-18-38-29-15-22(6-7-23(21)29)39-28-11-9-24-25(28)8-10-27(31(32,33)34)26(24)17-35-13-12-19-4-2-3-5-20(19)16-35/h2-8,10,15,21,28H,9,11-14,16-18H2,1H3/q-1/t21-,28-/m1/s1. The lowest BCUT2D eigenvalue weighted by Crippen LogP contribution is -3.40. The van der Waals surface area contributed by atoms with Gasteiger partial charge in [-0.3, -0.25) is 9.69 Å². The van der Waals surface area contributed by atoms with Gasteiger partial charge in [0.05, 0.1) is 20.1 Å². The van der Waals surface area contributed by atoms with Gasteiger partial charge in [0, 0.05) is 42.7 Å². The molecule has 0 saturated carbocycles. The summed E-state index contributed by atoms with van der Waals surface area (Å²) in [4.78, 5) is 14.0. The number of esters is 1. The van der Waals surface area contributed by atoms with Gasteiger partial charge in [-0.1, -0.05) is 42.5 Å². The lowest BCUT2D eigenvalue weighted by Gasteiger charge is -2.33. The molecule has 3 aromatic carbocycles. The summed E-state index contributed by atoms with van der Waals surface area (Å²) in [6.45, 7) is 2.53. The Hall–Kier alpha value is -2.72. The van der Waals surface area contributed by atoms with Gasteiger partial charge in [0.1, 0.15) is 17.6 Å². The highest BCUT2D eigenvalue weighted by Gasteiger charge is 2.33. The Morgan fingerprint density at radius 3 is 2.69 bits per heavy atom. The van der Waals surface area contributed by atoms with Crippen LogP contribution in [0.1, 0.15) is 63.8 Å². The summed E-state index contributed by atoms with van der Waals surface area (Å²) in [5.41, 5.74) is 6.39. The van der Waals surface area contributed by atoms with E-state index in [0.717, 1.165) is 48.2 Å². The third-order valence-electron chi connectivity index (χ3n) is 8.15. The number of carbonyl (C=O) groups excluding carboxylic acids is 1. The molecule has 3 aliphatic rings. The molecule has 0 aromatic heterocycles. The molecular formula is C31H30F2INO4-. The van der Waals surface area contributed by atoms with Gasteiger partial charge in [-0.15, -0.1) is 0 Å². The first-order chi connectivity index (χ1) is 18.8. The second-order valence-electron chi connectivity index (χ2n) is 10.5. The fraction of sp³-hybridized carbons (Fsp3) is 0.387. The molecular weight excluding hydrogens is 615 g/mol. The second kappa shape index (κ2) is 10.7. The minimum atomic E-state index is -2.95. The van der Waals surface area contributed by atoms with Gasteiger partial charge in [0.2, 0.25) is 0 Å². The first-order valence-electron chi connectivity index (χ1n) is 13.3. The molecule has 0 amide bonds. The van der Waals surface area contributed by atoms with E-state index in [1.165, 1.54) is 40.8 Å². The molecule has 0 N–H and O–H groups in total. The fourth-order valence-corrected chi connectivity index (χ4v) is 6.67. The van der Waals surface area contributed by atoms with Crippen LogP contribution in [0.3, 0.4) is 0 Å². The number of carbonyl (C=O) groups is 1. The van der Waals surface area contributed by atoms with Crippen molar-refractivity contribution >= 4 is 5.97 Å². The molecule has 2 aliphatic heterocycles. The van der Waals surface area contributed by atoms with E-state index in [1.807, 2.05) is 30.3 Å². The first-order valence-corrected chi connectivity index (χ1v) is 14.4. The molecule has 0 bridgehead atoms. The van der Waals surface area contributed by atoms with E-state index in [0.29, 0.717) is 31.1 Å². The normalized spacial score (nSPS) is 20.1. The number of halogens is 3. The van der Waals surface area contributed by atoms with Gasteiger partial charge < -0.3 is 36.8 Å². The van der Waals surface area contributed by atoms with Crippen LogP contribution in [0.4, 0.5) is 8.78 Å². The maximum Gasteiger partial charge on any atom is 0.306 e. The van der Waals surface area contributed by atoms with Crippen molar-refractivity contribution in [1.82, 2.24) is 4.90 Å². The van der Waals surface area contributed by atoms with Gasteiger partial charge in [0.25, 0.3) is 0 Å². The quantitative estimate of drug-likeness (QED) is 0.225. The van der Waals surface area contributed by atoms with Crippen LogP contribution in [0.25, 0.3) is 0 Å². The Bertz CT molecular complexity index is 1410. The van der Waals surface area contributed by atoms with Crippen LogP contribution in [-0.4, -0.2) is 31.1 Å². The molecule has 1 radical (unpaired) electrons. The third kappa shape index (κ3) is 5.37. The zero-order valence-electron chi connectivity index (χ0n) is 21.7. The molecule has 39 heavy (non-hydrogen) atoms. The van der Waals surface area contributed by atoms with E-state index in [9.17, 15) is 13.6 Å². The second-order valence-corrected chi connectivity index (χ2v) is 11.9. The predicted molar refractivity (Wildman–Crippen MR) is 138 cm³/mol. The highest BCUT2D eigenvalue weighted by molar-refractivity contribution is 5.71. The number of benzene rings is 3. The number of rotatable bonds is 7. The molecule has 6 rings (SSSR count). The maximum absolute atomic E-state index is 14.8. The van der Waals surface area contributed by atoms with E-state index in [2.05, 4.69) is 23.1 Å². The molecule has 8 heteroatoms. The lowest BCUT2D eigenvalue weighted by molar-refractivity contribution is -0.583. The van der Waals surface area contributed by atoms with Crippen LogP contribution < -0.4 is 32.1 Å². The van der Waals surface area contributed by atoms with Crippen molar-refractivity contribution in [2.75, 3.05) is 20.3 Å². The fourth-order valence-electron chi connectivity index (χ4n) is 6.17. The number of nitrogens with zero attached hydrogens (tertiary/aromatic N) is 1. The van der Waals surface area contributed by atoms with Gasteiger partial charge in [-0.05, 0) is 53.1 Å². The molecule has 0 unspecified atom stereocenters. The van der Waals surface area contributed by atoms with Gasteiger partial charge in [-0.25, -0.2) is 8.78 Å². The monoisotopic (exact) mass is 645 g/mol. The zero-order valence-corrected chi connectivity index (χ0v) is 23.9. The number of hydrogen-bond acceptors (Lipinski definition) is 5. The number of ether oxygens (including phenoxy) is 3. The van der Waals surface area contributed by atoms with Crippen LogP contribution >= 0.6 is 0 Å². The zero-order chi connectivity index (χ0) is 27.1. The number of fused-ring (bicyclic) bond motifs is 3. The van der Waals surface area contributed by atoms with E-state index in [-0.39, 0.29) is 30.0 Å². The molecule has 2 heterocycles. The molecule has 2 atom stereocenters. The van der Waals surface area contributed by atoms with Gasteiger partial charge in [0.15, 0.2) is 3.93 Å². The van der Waals surface area contributed by atoms with Crippen molar-refractivity contribution < 1.29 is 50.4 Å². The predicted octanol–water partition coefficient (Wildman–Crippen LogP) is 2.95. The summed E-state index contributed by atoms with van der Waals surface area (Å²) in [5.74, 6) is 1.08. The van der Waals surface area contributed by atoms with Crippen molar-refractivity contribution in [3.63, 3.8) is 0 Å². The van der Waals surface area contributed by atoms with Gasteiger partial charge >= 0.3 is 5.97 Å². The van der Waals surface area contributed by atoms with Crippen molar-refractivity contribution in [2.45, 2.75) is 54.7 Å². The van der Waals surface area contributed by atoms with Crippen molar-refractivity contribution in [2.24, 2.45) is 0 Å². The Morgan fingerprint density at radius 1 is 1.10 bits per heavy atom. The molecule has 0 spiro atoms. The average Bonchev–Trinajstić information content (AvgIpc) is 3.52. The van der Waals surface area contributed by atoms with Crippen molar-refractivity contribution in [1.29, 1.82) is 0 Å². The summed E-state index contributed by atoms with van der Waals surface area (Å²) in [7, 11) is 1.39. The Labute approximate surface area is 240 Å². The van der Waals surface area contributed by atoms with E-state index in [1.54, 1.807) is 6.07 Å². The third-order valence-corrected chi connectivity index (χ3v) is 8.73. The summed E-state index contributed by atoms with van der Waals surface area (Å²) in [6.07, 6.45) is 2.40. The summed E-state index contributed by atoms with van der Waals surface area (Å²) < 4.78 is 43.6. The SMILES string of the molecule is COC(=O)C[C@@H]1COc2cc(O[C@@H]3CCc4c3ccc(C(F)(F)[I-])c4CN3CCc4ccccc4C3)ccc21. The van der Waals surface area contributed by atoms with Crippen molar-refractivity contribution in [3.8, 4) is 11.5 Å².